The van der Waals surface area contributed by atoms with E-state index in [0.717, 1.165) is 0 Å². The highest BCUT2D eigenvalue weighted by atomic mass is 32.2. The molecule has 2 amide bonds. The SMILES string of the molecule is NC(=O)c1cccc2cccc(C(=O)NO)c12.O=S(=O)(O)C(F)(F)F. The molecule has 2 aromatic rings. The van der Waals surface area contributed by atoms with Crippen LogP contribution in [0.25, 0.3) is 10.8 Å². The molecule has 25 heavy (non-hydrogen) atoms. The molecule has 0 saturated carbocycles. The second-order valence-corrected chi connectivity index (χ2v) is 5.85. The van der Waals surface area contributed by atoms with Crippen molar-refractivity contribution in [2.45, 2.75) is 5.51 Å². The lowest BCUT2D eigenvalue weighted by molar-refractivity contribution is -0.0510. The number of primary amides is 1. The largest absolute Gasteiger partial charge is 0.522 e. The fraction of sp³-hybridized carbons (Fsp3) is 0.0769. The summed E-state index contributed by atoms with van der Waals surface area (Å²) in [5.41, 5.74) is 1.73. The van der Waals surface area contributed by atoms with Crippen LogP contribution < -0.4 is 11.2 Å². The van der Waals surface area contributed by atoms with Crippen LogP contribution in [0.15, 0.2) is 36.4 Å². The van der Waals surface area contributed by atoms with Crippen molar-refractivity contribution >= 4 is 32.7 Å². The topological polar surface area (TPSA) is 147 Å². The molecule has 0 aliphatic heterocycles. The molecule has 0 heterocycles. The van der Waals surface area contributed by atoms with Gasteiger partial charge in [-0.15, -0.1) is 0 Å². The van der Waals surface area contributed by atoms with E-state index in [1.807, 2.05) is 0 Å². The number of benzene rings is 2. The van der Waals surface area contributed by atoms with Gasteiger partial charge in [-0.3, -0.25) is 19.3 Å². The van der Waals surface area contributed by atoms with E-state index in [-0.39, 0.29) is 11.1 Å². The van der Waals surface area contributed by atoms with Crippen molar-refractivity contribution < 1.29 is 40.9 Å². The second-order valence-electron chi connectivity index (χ2n) is 4.44. The summed E-state index contributed by atoms with van der Waals surface area (Å²) < 4.78 is 57.5. The molecule has 0 radical (unpaired) electrons. The summed E-state index contributed by atoms with van der Waals surface area (Å²) in [7, 11) is -5.84. The molecule has 5 N–H and O–H groups in total. The van der Waals surface area contributed by atoms with E-state index in [9.17, 15) is 22.8 Å². The number of carbonyl (C=O) groups is 2. The number of hydrogen-bond donors (Lipinski definition) is 4. The van der Waals surface area contributed by atoms with Gasteiger partial charge in [-0.2, -0.15) is 21.6 Å². The van der Waals surface area contributed by atoms with Crippen molar-refractivity contribution in [3.05, 3.63) is 47.5 Å². The van der Waals surface area contributed by atoms with Gasteiger partial charge in [-0.25, -0.2) is 5.48 Å². The summed E-state index contributed by atoms with van der Waals surface area (Å²) in [6.07, 6.45) is 0. The summed E-state index contributed by atoms with van der Waals surface area (Å²) in [4.78, 5) is 22.8. The Hall–Kier alpha value is -2.70. The molecule has 0 saturated heterocycles. The molecule has 136 valence electrons. The van der Waals surface area contributed by atoms with Gasteiger partial charge >= 0.3 is 15.6 Å². The van der Waals surface area contributed by atoms with E-state index in [4.69, 9.17) is 23.9 Å². The minimum atomic E-state index is -5.84. The number of hydrogen-bond acceptors (Lipinski definition) is 5. The van der Waals surface area contributed by atoms with Crippen LogP contribution in [0.5, 0.6) is 0 Å². The number of rotatable bonds is 2. The number of nitrogens with one attached hydrogen (secondary N) is 1. The van der Waals surface area contributed by atoms with E-state index in [1.165, 1.54) is 6.07 Å². The number of fused-ring (bicyclic) bond motifs is 1. The zero-order chi connectivity index (χ0) is 19.4. The maximum Gasteiger partial charge on any atom is 0.522 e. The summed E-state index contributed by atoms with van der Waals surface area (Å²) in [5, 5.41) is 9.81. The molecule has 0 unspecified atom stereocenters. The van der Waals surface area contributed by atoms with Crippen molar-refractivity contribution in [2.24, 2.45) is 5.73 Å². The predicted octanol–water partition coefficient (Wildman–Crippen LogP) is 1.45. The molecule has 8 nitrogen and oxygen atoms in total. The minimum absolute atomic E-state index is 0.208. The maximum absolute atomic E-state index is 11.5. The fourth-order valence-corrected chi connectivity index (χ4v) is 1.80. The van der Waals surface area contributed by atoms with Crippen molar-refractivity contribution in [3.8, 4) is 0 Å². The second kappa shape index (κ2) is 7.46. The third-order valence-electron chi connectivity index (χ3n) is 2.81. The van der Waals surface area contributed by atoms with Gasteiger partial charge in [0.2, 0.25) is 5.91 Å². The highest BCUT2D eigenvalue weighted by Crippen LogP contribution is 2.23. The highest BCUT2D eigenvalue weighted by Gasteiger charge is 2.44. The van der Waals surface area contributed by atoms with E-state index in [2.05, 4.69) is 0 Å². The van der Waals surface area contributed by atoms with Crippen LogP contribution in [0.1, 0.15) is 20.7 Å². The first-order valence-electron chi connectivity index (χ1n) is 6.20. The van der Waals surface area contributed by atoms with Gasteiger partial charge in [0.1, 0.15) is 0 Å². The molecule has 0 aromatic heterocycles. The quantitative estimate of drug-likeness (QED) is 0.268. The Morgan fingerprint density at radius 2 is 1.48 bits per heavy atom. The number of alkyl halides is 3. The van der Waals surface area contributed by atoms with Crippen molar-refractivity contribution in [2.75, 3.05) is 0 Å². The van der Waals surface area contributed by atoms with Crippen molar-refractivity contribution in [3.63, 3.8) is 0 Å². The zero-order valence-electron chi connectivity index (χ0n) is 12.1. The summed E-state index contributed by atoms with van der Waals surface area (Å²) in [6, 6.07) is 9.92. The van der Waals surface area contributed by atoms with Crippen molar-refractivity contribution in [1.82, 2.24) is 5.48 Å². The summed E-state index contributed by atoms with van der Waals surface area (Å²) in [6.45, 7) is 0. The Kier molecular flexibility index (Phi) is 6.07. The number of hydroxylamine groups is 1. The lowest BCUT2D eigenvalue weighted by Crippen LogP contribution is -2.21. The first kappa shape index (κ1) is 20.3. The highest BCUT2D eigenvalue weighted by molar-refractivity contribution is 7.86. The summed E-state index contributed by atoms with van der Waals surface area (Å²) in [5.74, 6) is -1.29. The van der Waals surface area contributed by atoms with Gasteiger partial charge in [0, 0.05) is 10.9 Å². The molecule has 12 heteroatoms. The van der Waals surface area contributed by atoms with Crippen LogP contribution in [0.4, 0.5) is 13.2 Å². The Bertz CT molecular complexity index is 906. The summed E-state index contributed by atoms with van der Waals surface area (Å²) >= 11 is 0. The van der Waals surface area contributed by atoms with E-state index < -0.39 is 27.4 Å². The first-order chi connectivity index (χ1) is 11.4. The molecule has 0 spiro atoms. The molecule has 0 bridgehead atoms. The van der Waals surface area contributed by atoms with Gasteiger partial charge < -0.3 is 5.73 Å². The standard InChI is InChI=1S/C12H10N2O3.CHF3O3S/c13-11(15)8-5-1-3-7-4-2-6-9(10(7)8)12(16)14-17;2-1(3,4)8(5,6)7/h1-6,17H,(H2,13,15)(H,14,16);(H,5,6,7). The monoisotopic (exact) mass is 380 g/mol. The predicted molar refractivity (Wildman–Crippen MR) is 79.3 cm³/mol. The molecule has 0 aliphatic carbocycles. The molecule has 2 rings (SSSR count). The Balaban J connectivity index is 0.000000333. The average Bonchev–Trinajstić information content (AvgIpc) is 2.51. The number of amides is 2. The number of halogens is 3. The van der Waals surface area contributed by atoms with E-state index >= 15 is 0 Å². The third-order valence-corrected chi connectivity index (χ3v) is 3.39. The number of carbonyl (C=O) groups excluding carboxylic acids is 2. The number of nitrogens with two attached hydrogens (primary N) is 1. The van der Waals surface area contributed by atoms with Gasteiger partial charge in [-0.1, -0.05) is 24.3 Å². The third kappa shape index (κ3) is 4.89. The molecular formula is C13H11F3N2O6S. The van der Waals surface area contributed by atoms with Crippen LogP contribution in [0.2, 0.25) is 0 Å². The smallest absolute Gasteiger partial charge is 0.366 e. The maximum atomic E-state index is 11.5. The molecule has 0 fully saturated rings. The van der Waals surface area contributed by atoms with Gasteiger partial charge in [0.15, 0.2) is 0 Å². The van der Waals surface area contributed by atoms with Gasteiger partial charge in [-0.05, 0) is 17.5 Å². The zero-order valence-corrected chi connectivity index (χ0v) is 12.9. The molecule has 0 atom stereocenters. The Morgan fingerprint density at radius 3 is 1.84 bits per heavy atom. The normalized spacial score (nSPS) is 11.4. The Morgan fingerprint density at radius 1 is 1.04 bits per heavy atom. The van der Waals surface area contributed by atoms with E-state index in [1.54, 1.807) is 35.8 Å². The van der Waals surface area contributed by atoms with Crippen LogP contribution in [0, 0.1) is 0 Å². The van der Waals surface area contributed by atoms with Gasteiger partial charge in [0.25, 0.3) is 5.91 Å². The van der Waals surface area contributed by atoms with Crippen molar-refractivity contribution in [1.29, 1.82) is 0 Å². The van der Waals surface area contributed by atoms with Gasteiger partial charge in [0.05, 0.1) is 5.56 Å². The first-order valence-corrected chi connectivity index (χ1v) is 7.64. The van der Waals surface area contributed by atoms with E-state index in [0.29, 0.717) is 10.8 Å². The van der Waals surface area contributed by atoms with Crippen LogP contribution >= 0.6 is 0 Å². The lowest BCUT2D eigenvalue weighted by atomic mass is 9.98. The Labute approximate surface area is 138 Å². The average molecular weight is 380 g/mol. The van der Waals surface area contributed by atoms with Crippen LogP contribution in [-0.4, -0.2) is 35.5 Å². The lowest BCUT2D eigenvalue weighted by Gasteiger charge is -2.07. The minimum Gasteiger partial charge on any atom is -0.366 e. The molecular weight excluding hydrogens is 369 g/mol. The fourth-order valence-electron chi connectivity index (χ4n) is 1.80. The molecule has 2 aromatic carbocycles. The van der Waals surface area contributed by atoms with Crippen LogP contribution in [0.3, 0.4) is 0 Å². The molecule has 0 aliphatic rings. The van der Waals surface area contributed by atoms with Crippen LogP contribution in [-0.2, 0) is 10.1 Å².